The first kappa shape index (κ1) is 27.2. The van der Waals surface area contributed by atoms with Crippen LogP contribution >= 0.6 is 0 Å². The summed E-state index contributed by atoms with van der Waals surface area (Å²) >= 11 is 0. The molecule has 0 fully saturated rings. The first-order chi connectivity index (χ1) is 7.25. The molecule has 0 aliphatic carbocycles. The van der Waals surface area contributed by atoms with Gasteiger partial charge in [-0.2, -0.15) is 0 Å². The van der Waals surface area contributed by atoms with E-state index in [1.165, 1.54) is 13.8 Å². The Kier molecular flexibility index (Phi) is 26.9. The van der Waals surface area contributed by atoms with E-state index < -0.39 is 11.9 Å². The maximum absolute atomic E-state index is 10.1. The van der Waals surface area contributed by atoms with Gasteiger partial charge in [-0.1, -0.05) is 0 Å². The zero-order chi connectivity index (χ0) is 13.1. The Balaban J connectivity index is -0.0000000233. The summed E-state index contributed by atoms with van der Waals surface area (Å²) < 4.78 is 0. The van der Waals surface area contributed by atoms with Crippen molar-refractivity contribution >= 4 is 99.0 Å². The molecule has 0 aliphatic rings. The van der Waals surface area contributed by atoms with E-state index >= 15 is 0 Å². The van der Waals surface area contributed by atoms with Gasteiger partial charge >= 0.3 is 87.4 Å². The van der Waals surface area contributed by atoms with Gasteiger partial charge < -0.3 is 25.5 Å². The third kappa shape index (κ3) is 36.0. The van der Waals surface area contributed by atoms with E-state index in [-0.39, 0.29) is 118 Å². The van der Waals surface area contributed by atoms with Crippen LogP contribution in [0.4, 0.5) is 0 Å². The third-order valence-corrected chi connectivity index (χ3v) is 1.38. The predicted octanol–water partition coefficient (Wildman–Crippen LogP) is 0.569. The molecule has 6 nitrogen and oxygen atoms in total. The molecule has 0 aromatic rings. The predicted molar refractivity (Wildman–Crippen MR) is 71.1 cm³/mol. The van der Waals surface area contributed by atoms with Crippen LogP contribution in [0.25, 0.3) is 0 Å². The molecule has 0 spiro atoms. The number of carbonyl (C=O) groups excluding carboxylic acids is 2. The summed E-state index contributed by atoms with van der Waals surface area (Å²) in [5.74, 6) is -1.99. The number of carboxylic acids is 2. The van der Waals surface area contributed by atoms with Crippen molar-refractivity contribution in [3.63, 3.8) is 0 Å². The van der Waals surface area contributed by atoms with Crippen LogP contribution in [0.5, 0.6) is 0 Å². The van der Waals surface area contributed by atoms with Crippen LogP contribution in [0.15, 0.2) is 0 Å². The first-order valence-corrected chi connectivity index (χ1v) is 4.68. The van der Waals surface area contributed by atoms with Crippen LogP contribution in [0.2, 0.25) is 0 Å². The van der Waals surface area contributed by atoms with Crippen molar-refractivity contribution in [3.05, 3.63) is 0 Å². The zero-order valence-electron chi connectivity index (χ0n) is 14.8. The van der Waals surface area contributed by atoms with Crippen LogP contribution in [0.1, 0.15) is 45.2 Å². The fraction of sp³-hybridized carbons (Fsp3) is 0.600. The van der Waals surface area contributed by atoms with Crippen molar-refractivity contribution in [2.75, 3.05) is 0 Å². The first-order valence-electron chi connectivity index (χ1n) is 4.68. The van der Waals surface area contributed by atoms with Crippen LogP contribution in [-0.4, -0.2) is 109 Å². The standard InChI is InChI=1S/2C5H8O3.2Ca.4H/c2*1-4(6)2-3-5(7)8;;;;;;/h2*2-3H2,1H3,(H,7,8);;;;;;/q;;2*+2;4*-1. The second-order valence-corrected chi connectivity index (χ2v) is 3.19. The fourth-order valence-electron chi connectivity index (χ4n) is 0.566. The molecule has 0 atom stereocenters. The number of rotatable bonds is 6. The van der Waals surface area contributed by atoms with E-state index in [2.05, 4.69) is 0 Å². The Bertz CT molecular complexity index is 237. The average Bonchev–Trinajstić information content (AvgIpc) is 2.12. The second kappa shape index (κ2) is 17.8. The molecule has 0 amide bonds. The largest absolute Gasteiger partial charge is 2.00 e. The van der Waals surface area contributed by atoms with E-state index in [0.29, 0.717) is 0 Å². The van der Waals surface area contributed by atoms with Gasteiger partial charge in [0.1, 0.15) is 11.6 Å². The summed E-state index contributed by atoms with van der Waals surface area (Å²) in [5, 5.41) is 16.0. The minimum atomic E-state index is -0.916. The minimum Gasteiger partial charge on any atom is -1.00 e. The van der Waals surface area contributed by atoms with E-state index in [1.807, 2.05) is 0 Å². The van der Waals surface area contributed by atoms with Crippen LogP contribution in [0.3, 0.4) is 0 Å². The normalized spacial score (nSPS) is 7.67. The summed E-state index contributed by atoms with van der Waals surface area (Å²) in [6.07, 6.45) is 0.204. The second-order valence-electron chi connectivity index (χ2n) is 3.19. The van der Waals surface area contributed by atoms with Gasteiger partial charge in [-0.3, -0.25) is 9.59 Å². The number of Topliss-reactive ketones (excluding diaryl/α,β-unsaturated/α-hetero) is 2. The summed E-state index contributed by atoms with van der Waals surface area (Å²) in [4.78, 5) is 39.7. The van der Waals surface area contributed by atoms with Gasteiger partial charge in [0.15, 0.2) is 0 Å². The van der Waals surface area contributed by atoms with Crippen LogP contribution in [0, 0.1) is 0 Å². The van der Waals surface area contributed by atoms with Gasteiger partial charge in [-0.05, 0) is 13.8 Å². The van der Waals surface area contributed by atoms with Gasteiger partial charge in [0.05, 0.1) is 12.8 Å². The molecular weight excluding hydrogens is 296 g/mol. The molecular formula is C10H20Ca2O6. The molecule has 0 saturated heterocycles. The molecule has 0 aliphatic heterocycles. The maximum atomic E-state index is 10.1. The van der Waals surface area contributed by atoms with E-state index in [1.54, 1.807) is 0 Å². The third-order valence-electron chi connectivity index (χ3n) is 1.38. The number of hydrogen-bond donors (Lipinski definition) is 2. The maximum Gasteiger partial charge on any atom is 2.00 e. The van der Waals surface area contributed by atoms with Gasteiger partial charge in [0.2, 0.25) is 0 Å². The zero-order valence-corrected chi connectivity index (χ0v) is 15.2. The number of carbonyl (C=O) groups is 4. The van der Waals surface area contributed by atoms with Crippen molar-refractivity contribution in [1.82, 2.24) is 0 Å². The molecule has 0 saturated carbocycles. The van der Waals surface area contributed by atoms with Crippen LogP contribution in [-0.2, 0) is 19.2 Å². The topological polar surface area (TPSA) is 109 Å². The van der Waals surface area contributed by atoms with E-state index in [0.717, 1.165) is 0 Å². The minimum absolute atomic E-state index is 0. The van der Waals surface area contributed by atoms with Crippen molar-refractivity contribution in [3.8, 4) is 0 Å². The molecule has 0 heterocycles. The molecule has 100 valence electrons. The SMILES string of the molecule is CC(=O)CCC(=O)O.CC(=O)CCC(=O)O.[Ca+2].[Ca+2].[H-].[H-].[H-].[H-]. The molecule has 0 radical (unpaired) electrons. The van der Waals surface area contributed by atoms with Crippen molar-refractivity contribution < 1.29 is 35.1 Å². The number of carboxylic acid groups (broad SMARTS) is 2. The number of ketones is 2. The van der Waals surface area contributed by atoms with Crippen molar-refractivity contribution in [1.29, 1.82) is 0 Å². The molecule has 0 rings (SSSR count). The molecule has 18 heavy (non-hydrogen) atoms. The van der Waals surface area contributed by atoms with Crippen LogP contribution < -0.4 is 0 Å². The smallest absolute Gasteiger partial charge is 1.00 e. The Hall–Kier alpha value is 0.799. The molecule has 2 N–H and O–H groups in total. The Labute approximate surface area is 171 Å². The van der Waals surface area contributed by atoms with Crippen molar-refractivity contribution in [2.45, 2.75) is 39.5 Å². The van der Waals surface area contributed by atoms with Gasteiger partial charge in [-0.15, -0.1) is 0 Å². The summed E-state index contributed by atoms with van der Waals surface area (Å²) in [6.45, 7) is 2.76. The quantitative estimate of drug-likeness (QED) is 0.693. The Morgan fingerprint density at radius 2 is 0.944 bits per heavy atom. The molecule has 0 bridgehead atoms. The van der Waals surface area contributed by atoms with Gasteiger partial charge in [0.25, 0.3) is 0 Å². The van der Waals surface area contributed by atoms with E-state index in [9.17, 15) is 19.2 Å². The number of aliphatic carboxylic acids is 2. The molecule has 8 heteroatoms. The van der Waals surface area contributed by atoms with Gasteiger partial charge in [0, 0.05) is 12.8 Å². The van der Waals surface area contributed by atoms with E-state index in [4.69, 9.17) is 10.2 Å². The molecule has 0 aromatic heterocycles. The summed E-state index contributed by atoms with van der Waals surface area (Å²) in [5.41, 5.74) is 0. The van der Waals surface area contributed by atoms with Crippen molar-refractivity contribution in [2.24, 2.45) is 0 Å². The molecule has 0 unspecified atom stereocenters. The summed E-state index contributed by atoms with van der Waals surface area (Å²) in [7, 11) is 0. The average molecular weight is 316 g/mol. The monoisotopic (exact) mass is 316 g/mol. The summed E-state index contributed by atoms with van der Waals surface area (Å²) in [6, 6.07) is 0. The fourth-order valence-corrected chi connectivity index (χ4v) is 0.566. The Morgan fingerprint density at radius 3 is 1.00 bits per heavy atom. The molecule has 0 aromatic carbocycles. The Morgan fingerprint density at radius 1 is 0.722 bits per heavy atom. The number of hydrogen-bond acceptors (Lipinski definition) is 4. The van der Waals surface area contributed by atoms with Gasteiger partial charge in [-0.25, -0.2) is 0 Å².